The van der Waals surface area contributed by atoms with Crippen molar-refractivity contribution in [3.05, 3.63) is 29.8 Å². The summed E-state index contributed by atoms with van der Waals surface area (Å²) in [6, 6.07) is 7.99. The van der Waals surface area contributed by atoms with E-state index in [4.69, 9.17) is 5.26 Å². The van der Waals surface area contributed by atoms with Crippen molar-refractivity contribution in [3.8, 4) is 6.07 Å². The van der Waals surface area contributed by atoms with E-state index in [2.05, 4.69) is 19.2 Å². The van der Waals surface area contributed by atoms with Crippen LogP contribution in [0.2, 0.25) is 0 Å². The molecule has 2 rings (SSSR count). The number of rotatable bonds is 5. The van der Waals surface area contributed by atoms with Gasteiger partial charge in [0, 0.05) is 25.0 Å². The van der Waals surface area contributed by atoms with E-state index in [-0.39, 0.29) is 22.8 Å². The van der Waals surface area contributed by atoms with Gasteiger partial charge in [0.15, 0.2) is 0 Å². The molecule has 1 aromatic rings. The van der Waals surface area contributed by atoms with E-state index in [1.54, 1.807) is 0 Å². The first-order chi connectivity index (χ1) is 11.8. The largest absolute Gasteiger partial charge is 0.353 e. The number of nitriles is 1. The monoisotopic (exact) mass is 363 g/mol. The van der Waals surface area contributed by atoms with Crippen molar-refractivity contribution >= 4 is 15.9 Å². The van der Waals surface area contributed by atoms with Crippen molar-refractivity contribution in [2.24, 2.45) is 11.8 Å². The summed E-state index contributed by atoms with van der Waals surface area (Å²) < 4.78 is 26.8. The summed E-state index contributed by atoms with van der Waals surface area (Å²) in [7, 11) is -3.58. The number of carbonyl (C=O) groups is 1. The Labute approximate surface area is 149 Å². The van der Waals surface area contributed by atoms with Crippen molar-refractivity contribution in [2.45, 2.75) is 44.6 Å². The van der Waals surface area contributed by atoms with Crippen molar-refractivity contribution < 1.29 is 13.2 Å². The Balaban J connectivity index is 1.98. The van der Waals surface area contributed by atoms with Crippen LogP contribution in [0.4, 0.5) is 0 Å². The number of piperidine rings is 1. The maximum atomic E-state index is 12.7. The zero-order chi connectivity index (χ0) is 18.6. The molecule has 0 spiro atoms. The number of hydrogen-bond donors (Lipinski definition) is 1. The summed E-state index contributed by atoms with van der Waals surface area (Å²) in [5.74, 6) is 0.228. The topological polar surface area (TPSA) is 90.3 Å². The Morgan fingerprint density at radius 3 is 2.24 bits per heavy atom. The number of carbonyl (C=O) groups excluding carboxylic acids is 1. The van der Waals surface area contributed by atoms with E-state index in [1.807, 2.05) is 13.0 Å². The first-order valence-electron chi connectivity index (χ1n) is 8.56. The molecule has 1 unspecified atom stereocenters. The van der Waals surface area contributed by atoms with Crippen LogP contribution in [-0.4, -0.2) is 37.8 Å². The number of amides is 1. The maximum absolute atomic E-state index is 12.7. The van der Waals surface area contributed by atoms with Gasteiger partial charge < -0.3 is 5.32 Å². The third-order valence-corrected chi connectivity index (χ3v) is 6.73. The van der Waals surface area contributed by atoms with E-state index >= 15 is 0 Å². The first kappa shape index (κ1) is 19.4. The number of sulfonamides is 1. The van der Waals surface area contributed by atoms with E-state index < -0.39 is 10.0 Å². The molecule has 1 N–H and O–H groups in total. The molecule has 1 saturated heterocycles. The number of nitrogens with zero attached hydrogens (tertiary/aromatic N) is 2. The lowest BCUT2D eigenvalue weighted by atomic mass is 9.96. The zero-order valence-electron chi connectivity index (χ0n) is 14.9. The van der Waals surface area contributed by atoms with Crippen molar-refractivity contribution in [2.75, 3.05) is 13.1 Å². The van der Waals surface area contributed by atoms with Crippen LogP contribution in [-0.2, 0) is 14.8 Å². The van der Waals surface area contributed by atoms with Gasteiger partial charge in [-0.2, -0.15) is 9.57 Å². The molecule has 0 aromatic heterocycles. The summed E-state index contributed by atoms with van der Waals surface area (Å²) in [6.45, 7) is 6.75. The van der Waals surface area contributed by atoms with Gasteiger partial charge in [0.05, 0.1) is 16.5 Å². The predicted octanol–water partition coefficient (Wildman–Crippen LogP) is 2.12. The van der Waals surface area contributed by atoms with E-state index in [9.17, 15) is 13.2 Å². The van der Waals surface area contributed by atoms with Gasteiger partial charge in [-0.25, -0.2) is 8.42 Å². The lowest BCUT2D eigenvalue weighted by Gasteiger charge is -2.31. The van der Waals surface area contributed by atoms with Crippen LogP contribution in [0.25, 0.3) is 0 Å². The van der Waals surface area contributed by atoms with Gasteiger partial charge in [-0.15, -0.1) is 0 Å². The third kappa shape index (κ3) is 4.59. The predicted molar refractivity (Wildman–Crippen MR) is 95.1 cm³/mol. The van der Waals surface area contributed by atoms with Crippen LogP contribution >= 0.6 is 0 Å². The van der Waals surface area contributed by atoms with Crippen molar-refractivity contribution in [1.29, 1.82) is 5.26 Å². The fourth-order valence-electron chi connectivity index (χ4n) is 2.72. The first-order valence-corrected chi connectivity index (χ1v) is 10.0. The molecule has 6 nitrogen and oxygen atoms in total. The molecule has 0 radical (unpaired) electrons. The molecular weight excluding hydrogens is 338 g/mol. The molecular formula is C18H25N3O3S. The molecule has 1 aromatic carbocycles. The summed E-state index contributed by atoms with van der Waals surface area (Å²) in [5.41, 5.74) is 0.425. The molecule has 1 amide bonds. The Bertz CT molecular complexity index is 743. The molecule has 0 bridgehead atoms. The Kier molecular flexibility index (Phi) is 6.20. The fourth-order valence-corrected chi connectivity index (χ4v) is 4.19. The Morgan fingerprint density at radius 1 is 1.20 bits per heavy atom. The van der Waals surface area contributed by atoms with Gasteiger partial charge in [0.25, 0.3) is 0 Å². The number of hydrogen-bond acceptors (Lipinski definition) is 4. The minimum Gasteiger partial charge on any atom is -0.353 e. The van der Waals surface area contributed by atoms with Crippen LogP contribution in [0.15, 0.2) is 29.2 Å². The highest BCUT2D eigenvalue weighted by Crippen LogP contribution is 2.24. The van der Waals surface area contributed by atoms with Gasteiger partial charge in [-0.3, -0.25) is 4.79 Å². The summed E-state index contributed by atoms with van der Waals surface area (Å²) >= 11 is 0. The molecule has 136 valence electrons. The summed E-state index contributed by atoms with van der Waals surface area (Å²) in [4.78, 5) is 12.5. The van der Waals surface area contributed by atoms with Gasteiger partial charge in [-0.1, -0.05) is 13.8 Å². The highest BCUT2D eigenvalue weighted by atomic mass is 32.2. The molecule has 0 aliphatic carbocycles. The van der Waals surface area contributed by atoms with Crippen LogP contribution in [0.3, 0.4) is 0 Å². The smallest absolute Gasteiger partial charge is 0.243 e. The van der Waals surface area contributed by atoms with Crippen molar-refractivity contribution in [3.63, 3.8) is 0 Å². The second-order valence-corrected chi connectivity index (χ2v) is 8.79. The highest BCUT2D eigenvalue weighted by Gasteiger charge is 2.32. The van der Waals surface area contributed by atoms with E-state index in [1.165, 1.54) is 28.6 Å². The molecule has 0 saturated carbocycles. The average Bonchev–Trinajstić information content (AvgIpc) is 2.61. The van der Waals surface area contributed by atoms with Crippen molar-refractivity contribution in [1.82, 2.24) is 9.62 Å². The Hall–Kier alpha value is -1.91. The van der Waals surface area contributed by atoms with Crippen LogP contribution in [0, 0.1) is 23.2 Å². The van der Waals surface area contributed by atoms with E-state index in [0.29, 0.717) is 37.4 Å². The average molecular weight is 363 g/mol. The van der Waals surface area contributed by atoms with Gasteiger partial charge in [0.1, 0.15) is 0 Å². The molecule has 1 atom stereocenters. The third-order valence-electron chi connectivity index (χ3n) is 4.82. The molecule has 1 aliphatic heterocycles. The SMILES string of the molecule is CC(C)C(C)NC(=O)C1CCN(S(=O)(=O)c2ccc(C#N)cc2)CC1. The lowest BCUT2D eigenvalue weighted by Crippen LogP contribution is -2.45. The number of benzene rings is 1. The molecule has 7 heteroatoms. The van der Waals surface area contributed by atoms with Crippen LogP contribution in [0.1, 0.15) is 39.2 Å². The van der Waals surface area contributed by atoms with Crippen LogP contribution in [0.5, 0.6) is 0 Å². The highest BCUT2D eigenvalue weighted by molar-refractivity contribution is 7.89. The standard InChI is InChI=1S/C18H25N3O3S/c1-13(2)14(3)20-18(22)16-8-10-21(11-9-16)25(23,24)17-6-4-15(12-19)5-7-17/h4-7,13-14,16H,8-11H2,1-3H3,(H,20,22). The quantitative estimate of drug-likeness (QED) is 0.867. The van der Waals surface area contributed by atoms with Gasteiger partial charge in [0.2, 0.25) is 15.9 Å². The van der Waals surface area contributed by atoms with E-state index in [0.717, 1.165) is 0 Å². The number of nitrogens with one attached hydrogen (secondary N) is 1. The van der Waals surface area contributed by atoms with Gasteiger partial charge in [-0.05, 0) is 49.9 Å². The molecule has 1 aliphatic rings. The maximum Gasteiger partial charge on any atom is 0.243 e. The second-order valence-electron chi connectivity index (χ2n) is 6.86. The summed E-state index contributed by atoms with van der Waals surface area (Å²) in [6.07, 6.45) is 1.04. The molecule has 25 heavy (non-hydrogen) atoms. The minimum absolute atomic E-state index is 0.0108. The lowest BCUT2D eigenvalue weighted by molar-refractivity contribution is -0.127. The van der Waals surface area contributed by atoms with Crippen LogP contribution < -0.4 is 5.32 Å². The second kappa shape index (κ2) is 7.98. The molecule has 1 heterocycles. The molecule has 1 fully saturated rings. The minimum atomic E-state index is -3.58. The zero-order valence-corrected chi connectivity index (χ0v) is 15.7. The normalized spacial score (nSPS) is 17.9. The fraction of sp³-hybridized carbons (Fsp3) is 0.556. The Morgan fingerprint density at radius 2 is 1.76 bits per heavy atom. The summed E-state index contributed by atoms with van der Waals surface area (Å²) in [5, 5.41) is 11.8. The van der Waals surface area contributed by atoms with Gasteiger partial charge >= 0.3 is 0 Å².